The first-order valence-corrected chi connectivity index (χ1v) is 9.62. The second-order valence-corrected chi connectivity index (χ2v) is 7.07. The Balaban J connectivity index is 1.32. The summed E-state index contributed by atoms with van der Waals surface area (Å²) in [5, 5.41) is 7.34. The summed E-state index contributed by atoms with van der Waals surface area (Å²) in [7, 11) is 0. The quantitative estimate of drug-likeness (QED) is 0.710. The molecule has 1 aromatic carbocycles. The highest BCUT2D eigenvalue weighted by atomic mass is 16.1. The third kappa shape index (κ3) is 4.19. The van der Waals surface area contributed by atoms with Gasteiger partial charge in [0.25, 0.3) is 11.5 Å². The number of amides is 1. The van der Waals surface area contributed by atoms with Crippen molar-refractivity contribution >= 4 is 5.91 Å². The predicted octanol–water partition coefficient (Wildman–Crippen LogP) is 1.80. The van der Waals surface area contributed by atoms with Gasteiger partial charge in [0.15, 0.2) is 0 Å². The van der Waals surface area contributed by atoms with Gasteiger partial charge >= 0.3 is 0 Å². The van der Waals surface area contributed by atoms with Gasteiger partial charge in [-0.05, 0) is 48.9 Å². The topological polar surface area (TPSA) is 81.8 Å². The molecule has 0 saturated carbocycles. The van der Waals surface area contributed by atoms with E-state index in [2.05, 4.69) is 15.4 Å². The first kappa shape index (κ1) is 18.2. The summed E-state index contributed by atoms with van der Waals surface area (Å²) in [5.74, 6) is -0.153. The molecule has 1 amide bonds. The van der Waals surface area contributed by atoms with Gasteiger partial charge in [0.1, 0.15) is 0 Å². The van der Waals surface area contributed by atoms with Crippen LogP contribution in [0.4, 0.5) is 0 Å². The summed E-state index contributed by atoms with van der Waals surface area (Å²) in [4.78, 5) is 28.6. The third-order valence-corrected chi connectivity index (χ3v) is 5.02. The fraction of sp³-hybridized carbons (Fsp3) is 0.333. The molecule has 3 aromatic rings. The summed E-state index contributed by atoms with van der Waals surface area (Å²) in [6, 6.07) is 9.19. The van der Waals surface area contributed by atoms with Crippen LogP contribution in [0.1, 0.15) is 40.0 Å². The van der Waals surface area contributed by atoms with Gasteiger partial charge in [-0.1, -0.05) is 12.1 Å². The molecule has 0 unspecified atom stereocenters. The number of fused-ring (bicyclic) bond motifs is 1. The molecule has 0 bridgehead atoms. The first-order valence-electron chi connectivity index (χ1n) is 9.62. The number of imidazole rings is 1. The van der Waals surface area contributed by atoms with Crippen molar-refractivity contribution in [2.45, 2.75) is 38.8 Å². The Labute approximate surface area is 163 Å². The van der Waals surface area contributed by atoms with Crippen molar-refractivity contribution in [3.8, 4) is 0 Å². The molecule has 7 heteroatoms. The zero-order valence-corrected chi connectivity index (χ0v) is 15.7. The maximum atomic E-state index is 12.3. The van der Waals surface area contributed by atoms with E-state index in [1.165, 1.54) is 4.68 Å². The smallest absolute Gasteiger partial charge is 0.267 e. The Bertz CT molecular complexity index is 1010. The van der Waals surface area contributed by atoms with Crippen LogP contribution in [0.2, 0.25) is 0 Å². The van der Waals surface area contributed by atoms with Crippen LogP contribution in [-0.4, -0.2) is 31.8 Å². The highest BCUT2D eigenvalue weighted by Crippen LogP contribution is 2.16. The zero-order valence-electron chi connectivity index (χ0n) is 15.7. The molecule has 0 aliphatic heterocycles. The minimum Gasteiger partial charge on any atom is -0.350 e. The Morgan fingerprint density at radius 3 is 2.75 bits per heavy atom. The van der Waals surface area contributed by atoms with Crippen LogP contribution in [0.3, 0.4) is 0 Å². The number of aromatic nitrogens is 4. The summed E-state index contributed by atoms with van der Waals surface area (Å²) in [5.41, 5.74) is 3.69. The number of carbonyl (C=O) groups is 1. The summed E-state index contributed by atoms with van der Waals surface area (Å²) in [6.07, 6.45) is 9.50. The van der Waals surface area contributed by atoms with Crippen molar-refractivity contribution in [2.75, 3.05) is 6.54 Å². The van der Waals surface area contributed by atoms with Crippen LogP contribution in [0.15, 0.2) is 53.8 Å². The minimum absolute atomic E-state index is 0.0984. The number of aryl methyl sites for hydroxylation is 2. The van der Waals surface area contributed by atoms with E-state index < -0.39 is 0 Å². The second kappa shape index (κ2) is 8.21. The maximum Gasteiger partial charge on any atom is 0.267 e. The minimum atomic E-state index is -0.153. The molecule has 0 atom stereocenters. The van der Waals surface area contributed by atoms with Gasteiger partial charge in [-0.2, -0.15) is 5.10 Å². The van der Waals surface area contributed by atoms with E-state index in [1.54, 1.807) is 18.6 Å². The molecule has 28 heavy (non-hydrogen) atoms. The average Bonchev–Trinajstić information content (AvgIpc) is 3.22. The molecule has 144 valence electrons. The number of hydrogen-bond acceptors (Lipinski definition) is 4. The third-order valence-electron chi connectivity index (χ3n) is 5.02. The van der Waals surface area contributed by atoms with E-state index in [0.29, 0.717) is 18.7 Å². The van der Waals surface area contributed by atoms with E-state index in [1.807, 2.05) is 35.0 Å². The lowest BCUT2D eigenvalue weighted by Crippen LogP contribution is -2.33. The summed E-state index contributed by atoms with van der Waals surface area (Å²) >= 11 is 0. The van der Waals surface area contributed by atoms with E-state index in [0.717, 1.165) is 49.0 Å². The molecule has 1 aliphatic rings. The fourth-order valence-electron chi connectivity index (χ4n) is 3.49. The lowest BCUT2D eigenvalue weighted by atomic mass is 9.97. The van der Waals surface area contributed by atoms with E-state index >= 15 is 0 Å². The Morgan fingerprint density at radius 2 is 1.96 bits per heavy atom. The average molecular weight is 377 g/mol. The predicted molar refractivity (Wildman–Crippen MR) is 105 cm³/mol. The molecule has 0 saturated heterocycles. The van der Waals surface area contributed by atoms with Gasteiger partial charge in [0, 0.05) is 37.1 Å². The number of benzene rings is 1. The van der Waals surface area contributed by atoms with Crippen molar-refractivity contribution in [1.82, 2.24) is 24.6 Å². The molecular formula is C21H23N5O2. The van der Waals surface area contributed by atoms with Crippen LogP contribution in [0.25, 0.3) is 0 Å². The number of hydrogen-bond donors (Lipinski definition) is 1. The van der Waals surface area contributed by atoms with Gasteiger partial charge in [-0.3, -0.25) is 9.59 Å². The Kier molecular flexibility index (Phi) is 5.32. The van der Waals surface area contributed by atoms with Gasteiger partial charge in [0.05, 0.1) is 18.6 Å². The van der Waals surface area contributed by atoms with Crippen molar-refractivity contribution in [2.24, 2.45) is 0 Å². The summed E-state index contributed by atoms with van der Waals surface area (Å²) < 4.78 is 3.43. The van der Waals surface area contributed by atoms with Crippen LogP contribution in [0.5, 0.6) is 0 Å². The normalized spacial score (nSPS) is 13.1. The number of nitrogens with one attached hydrogen (secondary N) is 1. The molecule has 0 spiro atoms. The standard InChI is InChI=1S/C21H23N5O2/c27-20-13-18-3-1-2-4-19(18)24-26(20)12-10-23-21(28)17-7-5-16(6-8-17)14-25-11-9-22-15-25/h5-9,11,13,15H,1-4,10,12,14H2,(H,23,28). The van der Waals surface area contributed by atoms with Crippen LogP contribution in [-0.2, 0) is 25.9 Å². The van der Waals surface area contributed by atoms with E-state index in [-0.39, 0.29) is 11.5 Å². The highest BCUT2D eigenvalue weighted by molar-refractivity contribution is 5.94. The van der Waals surface area contributed by atoms with Gasteiger partial charge in [-0.15, -0.1) is 0 Å². The molecule has 1 N–H and O–H groups in total. The van der Waals surface area contributed by atoms with Crippen molar-refractivity contribution in [3.63, 3.8) is 0 Å². The lowest BCUT2D eigenvalue weighted by molar-refractivity contribution is 0.0951. The van der Waals surface area contributed by atoms with Gasteiger partial charge in [0.2, 0.25) is 0 Å². The van der Waals surface area contributed by atoms with Crippen molar-refractivity contribution < 1.29 is 4.79 Å². The SMILES string of the molecule is O=C(NCCn1nc2c(cc1=O)CCCC2)c1ccc(Cn2ccnc2)cc1. The van der Waals surface area contributed by atoms with Crippen molar-refractivity contribution in [3.05, 3.63) is 81.8 Å². The maximum absolute atomic E-state index is 12.3. The largest absolute Gasteiger partial charge is 0.350 e. The lowest BCUT2D eigenvalue weighted by Gasteiger charge is -2.16. The monoisotopic (exact) mass is 377 g/mol. The highest BCUT2D eigenvalue weighted by Gasteiger charge is 2.13. The molecule has 4 rings (SSSR count). The molecular weight excluding hydrogens is 354 g/mol. The van der Waals surface area contributed by atoms with E-state index in [4.69, 9.17) is 0 Å². The van der Waals surface area contributed by atoms with Gasteiger partial charge < -0.3 is 9.88 Å². The second-order valence-electron chi connectivity index (χ2n) is 7.07. The van der Waals surface area contributed by atoms with Crippen LogP contribution < -0.4 is 10.9 Å². The number of nitrogens with zero attached hydrogens (tertiary/aromatic N) is 4. The molecule has 0 fully saturated rings. The molecule has 2 aromatic heterocycles. The molecule has 7 nitrogen and oxygen atoms in total. The fourth-order valence-corrected chi connectivity index (χ4v) is 3.49. The Hall–Kier alpha value is -3.22. The number of rotatable bonds is 6. The molecule has 2 heterocycles. The van der Waals surface area contributed by atoms with E-state index in [9.17, 15) is 9.59 Å². The summed E-state index contributed by atoms with van der Waals surface area (Å²) in [6.45, 7) is 1.45. The van der Waals surface area contributed by atoms with Crippen LogP contribution in [0, 0.1) is 0 Å². The number of carbonyl (C=O) groups excluding carboxylic acids is 1. The molecule has 1 aliphatic carbocycles. The zero-order chi connectivity index (χ0) is 19.3. The first-order chi connectivity index (χ1) is 13.7. The van der Waals surface area contributed by atoms with Gasteiger partial charge in [-0.25, -0.2) is 9.67 Å². The molecule has 0 radical (unpaired) electrons. The Morgan fingerprint density at radius 1 is 1.14 bits per heavy atom. The van der Waals surface area contributed by atoms with Crippen LogP contribution >= 0.6 is 0 Å². The van der Waals surface area contributed by atoms with Crippen molar-refractivity contribution in [1.29, 1.82) is 0 Å².